The van der Waals surface area contributed by atoms with Crippen molar-refractivity contribution in [2.24, 2.45) is 5.73 Å². The van der Waals surface area contributed by atoms with E-state index in [1.165, 1.54) is 12.3 Å². The van der Waals surface area contributed by atoms with Crippen LogP contribution in [0, 0.1) is 5.82 Å². The quantitative estimate of drug-likeness (QED) is 0.939. The summed E-state index contributed by atoms with van der Waals surface area (Å²) in [6, 6.07) is 8.31. The summed E-state index contributed by atoms with van der Waals surface area (Å²) in [4.78, 5) is 4.10. The molecule has 0 amide bonds. The molecule has 0 saturated carbocycles. The fraction of sp³-hybridized carbons (Fsp3) is 0.267. The molecule has 0 aliphatic carbocycles. The normalized spacial score (nSPS) is 13.8. The third-order valence-corrected chi connectivity index (χ3v) is 3.72. The smallest absolute Gasteiger partial charge is 0.141 e. The van der Waals surface area contributed by atoms with E-state index >= 15 is 0 Å². The van der Waals surface area contributed by atoms with Gasteiger partial charge in [0.05, 0.1) is 29.6 Å². The minimum absolute atomic E-state index is 0.388. The third kappa shape index (κ3) is 2.62. The predicted molar refractivity (Wildman–Crippen MR) is 77.5 cm³/mol. The van der Waals surface area contributed by atoms with Gasteiger partial charge in [-0.15, -0.1) is 0 Å². The molecule has 1 heterocycles. The van der Waals surface area contributed by atoms with Crippen molar-refractivity contribution in [1.29, 1.82) is 0 Å². The highest BCUT2D eigenvalue weighted by Crippen LogP contribution is 2.34. The van der Waals surface area contributed by atoms with Crippen molar-refractivity contribution in [3.63, 3.8) is 0 Å². The minimum atomic E-state index is -0.814. The average Bonchev–Trinajstić information content (AvgIpc) is 2.47. The molecule has 1 aromatic carbocycles. The van der Waals surface area contributed by atoms with Crippen molar-refractivity contribution in [2.45, 2.75) is 18.9 Å². The zero-order valence-electron chi connectivity index (χ0n) is 11.4. The fourth-order valence-electron chi connectivity index (χ4n) is 2.11. The van der Waals surface area contributed by atoms with Crippen LogP contribution in [0.3, 0.4) is 0 Å². The molecule has 0 aliphatic rings. The number of ether oxygens (including phenoxy) is 1. The molecule has 106 valence electrons. The first-order chi connectivity index (χ1) is 9.51. The average molecular weight is 295 g/mol. The Bertz CT molecular complexity index is 603. The number of hydrogen-bond acceptors (Lipinski definition) is 3. The van der Waals surface area contributed by atoms with Gasteiger partial charge in [-0.3, -0.25) is 4.98 Å². The summed E-state index contributed by atoms with van der Waals surface area (Å²) in [6.45, 7) is 1.95. The van der Waals surface area contributed by atoms with Crippen LogP contribution in [0.15, 0.2) is 36.5 Å². The molecule has 2 aromatic rings. The van der Waals surface area contributed by atoms with Crippen LogP contribution in [0.2, 0.25) is 5.02 Å². The lowest BCUT2D eigenvalue weighted by atomic mass is 9.84. The highest BCUT2D eigenvalue weighted by atomic mass is 35.5. The van der Waals surface area contributed by atoms with Gasteiger partial charge in [0.1, 0.15) is 11.6 Å². The number of methoxy groups -OCH3 is 1. The Hall–Kier alpha value is -1.65. The molecule has 0 bridgehead atoms. The van der Waals surface area contributed by atoms with Crippen molar-refractivity contribution in [3.05, 3.63) is 58.6 Å². The summed E-state index contributed by atoms with van der Waals surface area (Å²) in [7, 11) is 1.55. The van der Waals surface area contributed by atoms with Gasteiger partial charge in [0, 0.05) is 0 Å². The Morgan fingerprint density at radius 3 is 2.65 bits per heavy atom. The lowest BCUT2D eigenvalue weighted by molar-refractivity contribution is 0.411. The second kappa shape index (κ2) is 5.77. The summed E-state index contributed by atoms with van der Waals surface area (Å²) in [5.41, 5.74) is 7.09. The maximum absolute atomic E-state index is 13.0. The van der Waals surface area contributed by atoms with Gasteiger partial charge in [-0.1, -0.05) is 24.6 Å². The number of hydrogen-bond donors (Lipinski definition) is 1. The van der Waals surface area contributed by atoms with Gasteiger partial charge >= 0.3 is 0 Å². The van der Waals surface area contributed by atoms with E-state index in [9.17, 15) is 4.39 Å². The second-order valence-electron chi connectivity index (χ2n) is 4.54. The van der Waals surface area contributed by atoms with E-state index in [1.54, 1.807) is 25.3 Å². The number of benzene rings is 1. The summed E-state index contributed by atoms with van der Waals surface area (Å²) in [5.74, 6) is 0.162. The van der Waals surface area contributed by atoms with Gasteiger partial charge in [0.15, 0.2) is 0 Å². The second-order valence-corrected chi connectivity index (χ2v) is 4.94. The van der Waals surface area contributed by atoms with Gasteiger partial charge in [-0.05, 0) is 36.2 Å². The molecule has 0 aliphatic heterocycles. The van der Waals surface area contributed by atoms with Crippen molar-refractivity contribution in [1.82, 2.24) is 4.98 Å². The summed E-state index contributed by atoms with van der Waals surface area (Å²) in [6.07, 6.45) is 1.77. The minimum Gasteiger partial charge on any atom is -0.495 e. The number of aromatic nitrogens is 1. The first-order valence-electron chi connectivity index (χ1n) is 6.26. The van der Waals surface area contributed by atoms with Gasteiger partial charge in [-0.2, -0.15) is 0 Å². The largest absolute Gasteiger partial charge is 0.495 e. The zero-order chi connectivity index (χ0) is 14.8. The highest BCUT2D eigenvalue weighted by Gasteiger charge is 2.30. The first kappa shape index (κ1) is 14.8. The number of halogens is 2. The Balaban J connectivity index is 2.52. The van der Waals surface area contributed by atoms with Crippen molar-refractivity contribution >= 4 is 11.6 Å². The Kier molecular flexibility index (Phi) is 4.26. The first-order valence-corrected chi connectivity index (χ1v) is 6.64. The Morgan fingerprint density at radius 2 is 2.10 bits per heavy atom. The van der Waals surface area contributed by atoms with E-state index < -0.39 is 5.54 Å². The molecular weight excluding hydrogens is 279 g/mol. The van der Waals surface area contributed by atoms with Gasteiger partial charge in [0.2, 0.25) is 0 Å². The topological polar surface area (TPSA) is 48.1 Å². The summed E-state index contributed by atoms with van der Waals surface area (Å²) in [5, 5.41) is 0.516. The van der Waals surface area contributed by atoms with Gasteiger partial charge in [-0.25, -0.2) is 4.39 Å². The molecule has 0 fully saturated rings. The lowest BCUT2D eigenvalue weighted by Crippen LogP contribution is -2.38. The summed E-state index contributed by atoms with van der Waals surface area (Å²) < 4.78 is 18.2. The Morgan fingerprint density at radius 1 is 1.35 bits per heavy atom. The molecular formula is C15H16ClFN2O. The molecule has 0 spiro atoms. The van der Waals surface area contributed by atoms with Gasteiger partial charge < -0.3 is 10.5 Å². The SMILES string of the molecule is CCC(N)(c1ccc(Cl)c(OC)c1)c1ccc(F)cn1. The third-order valence-electron chi connectivity index (χ3n) is 3.41. The maximum atomic E-state index is 13.0. The van der Waals surface area contributed by atoms with Gasteiger partial charge in [0.25, 0.3) is 0 Å². The van der Waals surface area contributed by atoms with Crippen LogP contribution in [0.1, 0.15) is 24.6 Å². The number of nitrogens with zero attached hydrogens (tertiary/aromatic N) is 1. The maximum Gasteiger partial charge on any atom is 0.141 e. The molecule has 1 aromatic heterocycles. The van der Waals surface area contributed by atoms with Crippen molar-refractivity contribution in [3.8, 4) is 5.75 Å². The lowest BCUT2D eigenvalue weighted by Gasteiger charge is -2.28. The molecule has 3 nitrogen and oxygen atoms in total. The van der Waals surface area contributed by atoms with Crippen LogP contribution in [0.4, 0.5) is 4.39 Å². The number of pyridine rings is 1. The van der Waals surface area contributed by atoms with Crippen LogP contribution < -0.4 is 10.5 Å². The van der Waals surface area contributed by atoms with Crippen molar-refractivity contribution in [2.75, 3.05) is 7.11 Å². The van der Waals surface area contributed by atoms with Crippen LogP contribution in [0.25, 0.3) is 0 Å². The van der Waals surface area contributed by atoms with Crippen LogP contribution >= 0.6 is 11.6 Å². The van der Waals surface area contributed by atoms with Crippen LogP contribution in [0.5, 0.6) is 5.75 Å². The molecule has 20 heavy (non-hydrogen) atoms. The molecule has 2 N–H and O–H groups in total. The van der Waals surface area contributed by atoms with E-state index in [0.29, 0.717) is 22.9 Å². The number of rotatable bonds is 4. The standard InChI is InChI=1S/C15H16ClFN2O/c1-3-15(18,14-7-5-11(17)9-19-14)10-4-6-12(16)13(8-10)20-2/h4-9H,3,18H2,1-2H3. The molecule has 1 atom stereocenters. The molecule has 0 radical (unpaired) electrons. The molecule has 0 saturated heterocycles. The fourth-order valence-corrected chi connectivity index (χ4v) is 2.30. The molecule has 5 heteroatoms. The van der Waals surface area contributed by atoms with E-state index in [1.807, 2.05) is 13.0 Å². The zero-order valence-corrected chi connectivity index (χ0v) is 12.1. The summed E-state index contributed by atoms with van der Waals surface area (Å²) >= 11 is 6.03. The Labute approximate surface area is 122 Å². The van der Waals surface area contributed by atoms with E-state index in [2.05, 4.69) is 4.98 Å². The van der Waals surface area contributed by atoms with E-state index in [4.69, 9.17) is 22.1 Å². The highest BCUT2D eigenvalue weighted by molar-refractivity contribution is 6.32. The van der Waals surface area contributed by atoms with Crippen LogP contribution in [-0.4, -0.2) is 12.1 Å². The monoisotopic (exact) mass is 294 g/mol. The van der Waals surface area contributed by atoms with Crippen molar-refractivity contribution < 1.29 is 9.13 Å². The predicted octanol–water partition coefficient (Wildman–Crippen LogP) is 3.50. The van der Waals surface area contributed by atoms with Crippen LogP contribution in [-0.2, 0) is 5.54 Å². The van der Waals surface area contributed by atoms with E-state index in [-0.39, 0.29) is 5.82 Å². The number of nitrogens with two attached hydrogens (primary N) is 1. The van der Waals surface area contributed by atoms with E-state index in [0.717, 1.165) is 5.56 Å². The molecule has 2 rings (SSSR count). The molecule has 1 unspecified atom stereocenters.